The minimum Gasteiger partial charge on any atom is -0.481 e. The maximum atomic E-state index is 13.0. The van der Waals surface area contributed by atoms with Gasteiger partial charge in [0.15, 0.2) is 0 Å². The number of fused-ring (bicyclic) bond motifs is 3. The van der Waals surface area contributed by atoms with E-state index in [9.17, 15) is 19.5 Å². The monoisotopic (exact) mass is 480 g/mol. The van der Waals surface area contributed by atoms with Crippen molar-refractivity contribution in [2.75, 3.05) is 13.2 Å². The number of amides is 2. The van der Waals surface area contributed by atoms with Gasteiger partial charge in [-0.2, -0.15) is 0 Å². The van der Waals surface area contributed by atoms with Gasteiger partial charge in [-0.05, 0) is 40.5 Å². The van der Waals surface area contributed by atoms with Gasteiger partial charge in [0.05, 0.1) is 5.41 Å². The molecule has 35 heavy (non-hydrogen) atoms. The Morgan fingerprint density at radius 2 is 1.46 bits per heavy atom. The molecule has 0 fully saturated rings. The van der Waals surface area contributed by atoms with Gasteiger partial charge in [0.25, 0.3) is 0 Å². The zero-order chi connectivity index (χ0) is 25.8. The molecule has 0 bridgehead atoms. The maximum Gasteiger partial charge on any atom is 0.407 e. The smallest absolute Gasteiger partial charge is 0.407 e. The Hall–Kier alpha value is -3.35. The van der Waals surface area contributed by atoms with Crippen LogP contribution in [0.15, 0.2) is 48.5 Å². The maximum absolute atomic E-state index is 13.0. The van der Waals surface area contributed by atoms with Gasteiger partial charge < -0.3 is 20.5 Å². The van der Waals surface area contributed by atoms with Gasteiger partial charge >= 0.3 is 12.1 Å². The fourth-order valence-corrected chi connectivity index (χ4v) is 4.67. The van der Waals surface area contributed by atoms with Crippen LogP contribution in [0.4, 0.5) is 4.79 Å². The fraction of sp³-hybridized carbons (Fsp3) is 0.464. The highest BCUT2D eigenvalue weighted by Gasteiger charge is 2.38. The lowest BCUT2D eigenvalue weighted by Gasteiger charge is -2.32. The Morgan fingerprint density at radius 3 is 1.91 bits per heavy atom. The van der Waals surface area contributed by atoms with Crippen molar-refractivity contribution in [3.05, 3.63) is 59.7 Å². The first-order valence-electron chi connectivity index (χ1n) is 12.2. The molecule has 0 spiro atoms. The highest BCUT2D eigenvalue weighted by Crippen LogP contribution is 2.44. The van der Waals surface area contributed by atoms with E-state index in [0.717, 1.165) is 22.3 Å². The van der Waals surface area contributed by atoms with Crippen LogP contribution in [0.1, 0.15) is 64.5 Å². The number of carbonyl (C=O) groups is 3. The van der Waals surface area contributed by atoms with Crippen molar-refractivity contribution in [3.8, 4) is 11.1 Å². The van der Waals surface area contributed by atoms with E-state index in [2.05, 4.69) is 22.8 Å². The number of ether oxygens (including phenoxy) is 1. The number of carboxylic acid groups (broad SMARTS) is 1. The van der Waals surface area contributed by atoms with Crippen LogP contribution < -0.4 is 10.6 Å². The number of carboxylic acids is 1. The number of carbonyl (C=O) groups excluding carboxylic acids is 2. The third-order valence-corrected chi connectivity index (χ3v) is 7.14. The molecule has 0 saturated heterocycles. The second-order valence-corrected chi connectivity index (χ2v) is 10.3. The summed E-state index contributed by atoms with van der Waals surface area (Å²) in [5, 5.41) is 15.1. The SMILES string of the molecule is CCC(CC)(CNC(=O)C(NC(=O)OCC1c2ccccc2-c2ccccc21)C(C)(C)C)C(=O)O. The lowest BCUT2D eigenvalue weighted by atomic mass is 9.81. The highest BCUT2D eigenvalue weighted by molar-refractivity contribution is 5.87. The summed E-state index contributed by atoms with van der Waals surface area (Å²) in [7, 11) is 0. The van der Waals surface area contributed by atoms with Gasteiger partial charge in [0, 0.05) is 12.5 Å². The minimum absolute atomic E-state index is 0.00683. The Morgan fingerprint density at radius 1 is 0.943 bits per heavy atom. The molecule has 1 aliphatic rings. The molecule has 1 atom stereocenters. The van der Waals surface area contributed by atoms with Crippen LogP contribution >= 0.6 is 0 Å². The van der Waals surface area contributed by atoms with E-state index in [1.807, 2.05) is 57.2 Å². The van der Waals surface area contributed by atoms with Gasteiger partial charge in [-0.1, -0.05) is 83.1 Å². The van der Waals surface area contributed by atoms with E-state index < -0.39 is 34.8 Å². The number of rotatable bonds is 9. The Kier molecular flexibility index (Phi) is 7.88. The fourth-order valence-electron chi connectivity index (χ4n) is 4.67. The van der Waals surface area contributed by atoms with Crippen molar-refractivity contribution >= 4 is 18.0 Å². The molecule has 3 N–H and O–H groups in total. The van der Waals surface area contributed by atoms with Crippen LogP contribution in [-0.2, 0) is 14.3 Å². The van der Waals surface area contributed by atoms with Gasteiger partial charge in [-0.3, -0.25) is 9.59 Å². The molecule has 0 saturated carbocycles. The number of alkyl carbamates (subject to hydrolysis) is 1. The summed E-state index contributed by atoms with van der Waals surface area (Å²) in [6, 6.07) is 15.3. The van der Waals surface area contributed by atoms with Crippen molar-refractivity contribution in [1.29, 1.82) is 0 Å². The van der Waals surface area contributed by atoms with Crippen LogP contribution in [0.2, 0.25) is 0 Å². The molecule has 3 rings (SSSR count). The lowest BCUT2D eigenvalue weighted by Crippen LogP contribution is -2.55. The number of aliphatic carboxylic acids is 1. The molecule has 2 aromatic carbocycles. The topological polar surface area (TPSA) is 105 Å². The van der Waals surface area contributed by atoms with Crippen molar-refractivity contribution in [2.45, 2.75) is 59.4 Å². The van der Waals surface area contributed by atoms with Crippen LogP contribution in [0.3, 0.4) is 0 Å². The summed E-state index contributed by atoms with van der Waals surface area (Å²) in [6.45, 7) is 9.24. The van der Waals surface area contributed by atoms with Gasteiger partial charge in [-0.15, -0.1) is 0 Å². The average Bonchev–Trinajstić information content (AvgIpc) is 3.15. The first kappa shape index (κ1) is 26.3. The van der Waals surface area contributed by atoms with E-state index >= 15 is 0 Å². The van der Waals surface area contributed by atoms with Crippen molar-refractivity contribution in [1.82, 2.24) is 10.6 Å². The predicted molar refractivity (Wildman–Crippen MR) is 135 cm³/mol. The van der Waals surface area contributed by atoms with Gasteiger partial charge in [0.1, 0.15) is 12.6 Å². The summed E-state index contributed by atoms with van der Waals surface area (Å²) in [6.07, 6.45) is 0.0931. The molecule has 7 heteroatoms. The largest absolute Gasteiger partial charge is 0.481 e. The molecule has 7 nitrogen and oxygen atoms in total. The van der Waals surface area contributed by atoms with Gasteiger partial charge in [-0.25, -0.2) is 4.79 Å². The van der Waals surface area contributed by atoms with Crippen LogP contribution in [0.25, 0.3) is 11.1 Å². The molecule has 0 radical (unpaired) electrons. The molecule has 2 amide bonds. The third kappa shape index (κ3) is 5.50. The van der Waals surface area contributed by atoms with E-state index in [1.165, 1.54) is 0 Å². The summed E-state index contributed by atoms with van der Waals surface area (Å²) < 4.78 is 5.62. The molecular formula is C28H36N2O5. The summed E-state index contributed by atoms with van der Waals surface area (Å²) in [5.41, 5.74) is 2.84. The van der Waals surface area contributed by atoms with E-state index in [-0.39, 0.29) is 19.1 Å². The van der Waals surface area contributed by atoms with Crippen molar-refractivity contribution in [2.24, 2.45) is 10.8 Å². The second kappa shape index (κ2) is 10.5. The molecule has 0 heterocycles. The number of hydrogen-bond donors (Lipinski definition) is 3. The molecule has 188 valence electrons. The number of nitrogens with one attached hydrogen (secondary N) is 2. The third-order valence-electron chi connectivity index (χ3n) is 7.14. The average molecular weight is 481 g/mol. The normalized spacial score (nSPS) is 14.0. The van der Waals surface area contributed by atoms with E-state index in [1.54, 1.807) is 13.8 Å². The minimum atomic E-state index is -1.04. The summed E-state index contributed by atoms with van der Waals surface area (Å²) in [5.74, 6) is -1.46. The first-order chi connectivity index (χ1) is 16.5. The number of hydrogen-bond acceptors (Lipinski definition) is 4. The number of benzene rings is 2. The quantitative estimate of drug-likeness (QED) is 0.471. The van der Waals surface area contributed by atoms with Gasteiger partial charge in [0.2, 0.25) is 5.91 Å². The molecule has 2 aromatic rings. The van der Waals surface area contributed by atoms with Crippen LogP contribution in [0.5, 0.6) is 0 Å². The van der Waals surface area contributed by atoms with Crippen LogP contribution in [-0.4, -0.2) is 42.3 Å². The molecule has 1 aliphatic carbocycles. The van der Waals surface area contributed by atoms with E-state index in [4.69, 9.17) is 4.74 Å². The highest BCUT2D eigenvalue weighted by atomic mass is 16.5. The lowest BCUT2D eigenvalue weighted by molar-refractivity contribution is -0.149. The second-order valence-electron chi connectivity index (χ2n) is 10.3. The van der Waals surface area contributed by atoms with Crippen LogP contribution in [0, 0.1) is 10.8 Å². The van der Waals surface area contributed by atoms with Crippen molar-refractivity contribution in [3.63, 3.8) is 0 Å². The zero-order valence-electron chi connectivity index (χ0n) is 21.2. The Bertz CT molecular complexity index is 1040. The first-order valence-corrected chi connectivity index (χ1v) is 12.2. The van der Waals surface area contributed by atoms with Crippen molar-refractivity contribution < 1.29 is 24.2 Å². The Balaban J connectivity index is 1.68. The zero-order valence-corrected chi connectivity index (χ0v) is 21.2. The summed E-state index contributed by atoms with van der Waals surface area (Å²) >= 11 is 0. The molecule has 1 unspecified atom stereocenters. The molecule has 0 aliphatic heterocycles. The predicted octanol–water partition coefficient (Wildman–Crippen LogP) is 4.95. The van der Waals surface area contributed by atoms with E-state index in [0.29, 0.717) is 12.8 Å². The standard InChI is InChI=1S/C28H36N2O5/c1-6-28(7-2,25(32)33)17-29-24(31)23(27(3,4)5)30-26(34)35-16-22-20-14-10-8-12-18(20)19-13-9-11-15-21(19)22/h8-15,22-23H,6-7,16-17H2,1-5H3,(H,29,31)(H,30,34)(H,32,33). The Labute approximate surface area is 207 Å². The summed E-state index contributed by atoms with van der Waals surface area (Å²) in [4.78, 5) is 37.6. The molecule has 0 aromatic heterocycles. The molecular weight excluding hydrogens is 444 g/mol.